The van der Waals surface area contributed by atoms with E-state index < -0.39 is 6.04 Å². The van der Waals surface area contributed by atoms with Crippen molar-refractivity contribution in [3.8, 4) is 23.0 Å². The molecule has 5 rings (SSSR count). The third-order valence-electron chi connectivity index (χ3n) is 7.49. The molecule has 1 aromatic carbocycles. The number of rotatable bonds is 4. The number of oxazole rings is 1. The van der Waals surface area contributed by atoms with E-state index in [2.05, 4.69) is 20.5 Å². The van der Waals surface area contributed by atoms with Crippen LogP contribution in [0.1, 0.15) is 60.1 Å². The van der Waals surface area contributed by atoms with Gasteiger partial charge in [-0.25, -0.2) is 9.97 Å². The number of nitrogens with one attached hydrogen (secondary N) is 2. The number of carbonyl (C=O) groups is 2. The van der Waals surface area contributed by atoms with E-state index >= 15 is 0 Å². The quantitative estimate of drug-likeness (QED) is 0.474. The molecule has 220 valence electrons. The number of thiazole rings is 1. The van der Waals surface area contributed by atoms with E-state index in [1.807, 2.05) is 39.0 Å². The van der Waals surface area contributed by atoms with E-state index in [0.29, 0.717) is 55.0 Å². The molecule has 4 bridgehead atoms. The van der Waals surface area contributed by atoms with Gasteiger partial charge < -0.3 is 24.5 Å². The van der Waals surface area contributed by atoms with E-state index in [-0.39, 0.29) is 30.8 Å². The lowest BCUT2D eigenvalue weighted by Gasteiger charge is -2.25. The highest BCUT2D eigenvalue weighted by Gasteiger charge is 2.26. The molecule has 3 heterocycles. The first kappa shape index (κ1) is 29.1. The lowest BCUT2D eigenvalue weighted by atomic mass is 10.0. The highest BCUT2D eigenvalue weighted by atomic mass is 32.1. The molecule has 2 N–H and O–H groups in total. The number of fused-ring (bicyclic) bond motifs is 6. The van der Waals surface area contributed by atoms with Crippen LogP contribution in [0.15, 0.2) is 22.6 Å². The molecule has 0 radical (unpaired) electrons. The molecule has 11 heteroatoms. The van der Waals surface area contributed by atoms with Crippen molar-refractivity contribution >= 4 is 23.2 Å². The Hall–Kier alpha value is -3.44. The Bertz CT molecular complexity index is 1360. The number of carbonyl (C=O) groups excluding carboxylic acids is 2. The Morgan fingerprint density at radius 3 is 2.76 bits per heavy atom. The van der Waals surface area contributed by atoms with E-state index in [0.717, 1.165) is 23.4 Å². The van der Waals surface area contributed by atoms with Gasteiger partial charge >= 0.3 is 0 Å². The summed E-state index contributed by atoms with van der Waals surface area (Å²) in [4.78, 5) is 39.4. The van der Waals surface area contributed by atoms with Gasteiger partial charge in [0.2, 0.25) is 17.7 Å². The standard InChI is InChI=1S/C30H39N5O5S/c1-18(2)28-29(37)31-15-22-19(3)40-30(33-22)20-10-11-23(38-4)24(14-20)39-13-7-12-35(16-26(36)34-28)17-27-32-21-8-5-6-9-25(21)41-27/h10-11,14,18,28H,5-9,12-13,15-17H2,1-4H3,(H,31,37)(H,34,36)/t28-/m0/s1. The van der Waals surface area contributed by atoms with Crippen LogP contribution in [-0.2, 0) is 35.5 Å². The van der Waals surface area contributed by atoms with Gasteiger partial charge in [0.25, 0.3) is 0 Å². The van der Waals surface area contributed by atoms with Gasteiger partial charge in [-0.2, -0.15) is 0 Å². The number of hydrogen-bond acceptors (Lipinski definition) is 9. The Kier molecular flexibility index (Phi) is 9.24. The fourth-order valence-corrected chi connectivity index (χ4v) is 6.42. The summed E-state index contributed by atoms with van der Waals surface area (Å²) in [6, 6.07) is 4.89. The van der Waals surface area contributed by atoms with Crippen LogP contribution in [0.5, 0.6) is 11.5 Å². The third kappa shape index (κ3) is 7.08. The monoisotopic (exact) mass is 581 g/mol. The SMILES string of the molecule is COc1ccc2cc1OCCCN(Cc1nc3c(s1)CCCC3)CC(=O)N[C@@H](C(C)C)C(=O)NCc1nc-2oc1C. The zero-order valence-corrected chi connectivity index (χ0v) is 25.1. The van der Waals surface area contributed by atoms with Crippen molar-refractivity contribution in [2.45, 2.75) is 72.0 Å². The average molecular weight is 582 g/mol. The largest absolute Gasteiger partial charge is 0.493 e. The molecule has 1 aliphatic heterocycles. The molecule has 41 heavy (non-hydrogen) atoms. The summed E-state index contributed by atoms with van der Waals surface area (Å²) < 4.78 is 17.6. The van der Waals surface area contributed by atoms with Gasteiger partial charge in [-0.15, -0.1) is 11.3 Å². The first-order valence-corrected chi connectivity index (χ1v) is 15.2. The smallest absolute Gasteiger partial charge is 0.243 e. The first-order valence-electron chi connectivity index (χ1n) is 14.3. The topological polar surface area (TPSA) is 119 Å². The molecule has 2 amide bonds. The van der Waals surface area contributed by atoms with Crippen LogP contribution in [0.2, 0.25) is 0 Å². The second-order valence-electron chi connectivity index (χ2n) is 11.0. The second-order valence-corrected chi connectivity index (χ2v) is 12.2. The Morgan fingerprint density at radius 2 is 1.98 bits per heavy atom. The molecule has 1 atom stereocenters. The Balaban J connectivity index is 1.40. The average Bonchev–Trinajstić information content (AvgIpc) is 3.54. The summed E-state index contributed by atoms with van der Waals surface area (Å²) in [5, 5.41) is 6.93. The summed E-state index contributed by atoms with van der Waals surface area (Å²) in [6.45, 7) is 7.64. The molecular formula is C30H39N5O5S. The lowest BCUT2D eigenvalue weighted by molar-refractivity contribution is -0.130. The lowest BCUT2D eigenvalue weighted by Crippen LogP contribution is -2.51. The molecule has 1 aliphatic carbocycles. The Labute approximate surface area is 244 Å². The fourth-order valence-electron chi connectivity index (χ4n) is 5.22. The van der Waals surface area contributed by atoms with Gasteiger partial charge in [-0.3, -0.25) is 14.5 Å². The predicted molar refractivity (Wildman–Crippen MR) is 156 cm³/mol. The summed E-state index contributed by atoms with van der Waals surface area (Å²) in [5.41, 5.74) is 2.59. The van der Waals surface area contributed by atoms with Crippen LogP contribution in [-0.4, -0.2) is 59.5 Å². The van der Waals surface area contributed by atoms with E-state index in [1.54, 1.807) is 18.4 Å². The highest BCUT2D eigenvalue weighted by molar-refractivity contribution is 7.11. The van der Waals surface area contributed by atoms with E-state index in [1.165, 1.54) is 23.4 Å². The van der Waals surface area contributed by atoms with Crippen molar-refractivity contribution in [1.29, 1.82) is 0 Å². The normalized spacial score (nSPS) is 19.0. The number of amides is 2. The number of benzene rings is 1. The molecule has 0 spiro atoms. The summed E-state index contributed by atoms with van der Waals surface area (Å²) in [7, 11) is 1.61. The first-order chi connectivity index (χ1) is 19.8. The van der Waals surface area contributed by atoms with Gasteiger partial charge in [0, 0.05) is 17.0 Å². The van der Waals surface area contributed by atoms with Gasteiger partial charge in [0.1, 0.15) is 22.5 Å². The minimum absolute atomic E-state index is 0.0937. The predicted octanol–water partition coefficient (Wildman–Crippen LogP) is 4.04. The third-order valence-corrected chi connectivity index (χ3v) is 8.63. The molecule has 10 nitrogen and oxygen atoms in total. The zero-order valence-electron chi connectivity index (χ0n) is 24.2. The van der Waals surface area contributed by atoms with Crippen molar-refractivity contribution in [2.75, 3.05) is 26.8 Å². The van der Waals surface area contributed by atoms with Gasteiger partial charge in [-0.05, 0) is 63.1 Å². The second kappa shape index (κ2) is 13.0. The minimum atomic E-state index is -0.672. The number of aromatic nitrogens is 2. The maximum atomic E-state index is 13.3. The van der Waals surface area contributed by atoms with Crippen molar-refractivity contribution < 1.29 is 23.5 Å². The maximum absolute atomic E-state index is 13.3. The number of hydrogen-bond donors (Lipinski definition) is 2. The molecule has 0 fully saturated rings. The van der Waals surface area contributed by atoms with Crippen molar-refractivity contribution in [3.05, 3.63) is 45.2 Å². The molecule has 2 aliphatic rings. The summed E-state index contributed by atoms with van der Waals surface area (Å²) in [6.07, 6.45) is 5.18. The van der Waals surface area contributed by atoms with Crippen LogP contribution in [0, 0.1) is 12.8 Å². The summed E-state index contributed by atoms with van der Waals surface area (Å²) in [5.74, 6) is 1.71. The maximum Gasteiger partial charge on any atom is 0.243 e. The highest BCUT2D eigenvalue weighted by Crippen LogP contribution is 2.33. The minimum Gasteiger partial charge on any atom is -0.493 e. The molecule has 0 saturated heterocycles. The molecule has 0 unspecified atom stereocenters. The molecule has 0 saturated carbocycles. The van der Waals surface area contributed by atoms with Gasteiger partial charge in [-0.1, -0.05) is 13.8 Å². The number of nitrogens with zero attached hydrogens (tertiary/aromatic N) is 3. The molecular weight excluding hydrogens is 542 g/mol. The Morgan fingerprint density at radius 1 is 1.15 bits per heavy atom. The van der Waals surface area contributed by atoms with Crippen molar-refractivity contribution in [2.24, 2.45) is 5.92 Å². The van der Waals surface area contributed by atoms with Gasteiger partial charge in [0.15, 0.2) is 11.5 Å². The van der Waals surface area contributed by atoms with Crippen LogP contribution in [0.4, 0.5) is 0 Å². The molecule has 2 aromatic heterocycles. The molecule has 3 aromatic rings. The number of ether oxygens (including phenoxy) is 2. The van der Waals surface area contributed by atoms with E-state index in [9.17, 15) is 9.59 Å². The van der Waals surface area contributed by atoms with Crippen LogP contribution in [0.3, 0.4) is 0 Å². The van der Waals surface area contributed by atoms with Crippen molar-refractivity contribution in [3.63, 3.8) is 0 Å². The van der Waals surface area contributed by atoms with Crippen LogP contribution in [0.25, 0.3) is 11.5 Å². The fraction of sp³-hybridized carbons (Fsp3) is 0.533. The van der Waals surface area contributed by atoms with E-state index in [4.69, 9.17) is 18.9 Å². The zero-order chi connectivity index (χ0) is 28.9. The van der Waals surface area contributed by atoms with Crippen molar-refractivity contribution in [1.82, 2.24) is 25.5 Å². The summed E-state index contributed by atoms with van der Waals surface area (Å²) >= 11 is 1.76. The van der Waals surface area contributed by atoms with Crippen LogP contribution < -0.4 is 20.1 Å². The van der Waals surface area contributed by atoms with Crippen LogP contribution >= 0.6 is 11.3 Å². The number of methoxy groups -OCH3 is 1. The van der Waals surface area contributed by atoms with Gasteiger partial charge in [0.05, 0.1) is 39.0 Å². The number of aryl methyl sites for hydroxylation is 3.